The van der Waals surface area contributed by atoms with Crippen LogP contribution in [0.5, 0.6) is 0 Å². The Morgan fingerprint density at radius 2 is 2.29 bits per heavy atom. The number of aromatic nitrogens is 4. The van der Waals surface area contributed by atoms with E-state index < -0.39 is 0 Å². The lowest BCUT2D eigenvalue weighted by Gasteiger charge is -2.22. The van der Waals surface area contributed by atoms with Crippen LogP contribution < -0.4 is 0 Å². The molecule has 2 atom stereocenters. The predicted molar refractivity (Wildman–Crippen MR) is 77.0 cm³/mol. The molecule has 2 aromatic rings. The predicted octanol–water partition coefficient (Wildman–Crippen LogP) is 0.923. The van der Waals surface area contributed by atoms with Crippen molar-refractivity contribution in [2.75, 3.05) is 33.4 Å². The number of nitrogens with zero attached hydrogens (tertiary/aromatic N) is 5. The molecule has 7 nitrogen and oxygen atoms in total. The summed E-state index contributed by atoms with van der Waals surface area (Å²) in [7, 11) is 1.76. The summed E-state index contributed by atoms with van der Waals surface area (Å²) < 4.78 is 13.0. The van der Waals surface area contributed by atoms with Gasteiger partial charge in [-0.2, -0.15) is 0 Å². The van der Waals surface area contributed by atoms with E-state index in [0.29, 0.717) is 0 Å². The summed E-state index contributed by atoms with van der Waals surface area (Å²) >= 11 is 0. The van der Waals surface area contributed by atoms with E-state index in [1.165, 1.54) is 0 Å². The Kier molecular flexibility index (Phi) is 4.42. The minimum absolute atomic E-state index is 0.202. The smallest absolute Gasteiger partial charge is 0.179 e. The largest absolute Gasteiger partial charge is 0.380 e. The highest BCUT2D eigenvalue weighted by atomic mass is 16.5. The molecule has 0 amide bonds. The molecule has 0 unspecified atom stereocenters. The van der Waals surface area contributed by atoms with E-state index in [2.05, 4.69) is 20.1 Å². The van der Waals surface area contributed by atoms with Gasteiger partial charge in [0.2, 0.25) is 0 Å². The van der Waals surface area contributed by atoms with Crippen molar-refractivity contribution in [1.29, 1.82) is 0 Å². The molecule has 1 aliphatic rings. The van der Waals surface area contributed by atoms with Gasteiger partial charge in [0.25, 0.3) is 0 Å². The number of likely N-dealkylation sites (tertiary alicyclic amines) is 1. The third-order valence-electron chi connectivity index (χ3n) is 3.96. The Bertz CT molecular complexity index is 588. The molecule has 1 fully saturated rings. The first kappa shape index (κ1) is 14.4. The molecule has 114 valence electrons. The third-order valence-corrected chi connectivity index (χ3v) is 3.96. The van der Waals surface area contributed by atoms with E-state index >= 15 is 0 Å². The first-order valence-corrected chi connectivity index (χ1v) is 7.32. The molecule has 0 radical (unpaired) electrons. The van der Waals surface area contributed by atoms with Crippen molar-refractivity contribution in [3.63, 3.8) is 0 Å². The van der Waals surface area contributed by atoms with E-state index in [-0.39, 0.29) is 12.1 Å². The van der Waals surface area contributed by atoms with Crippen LogP contribution in [0.15, 0.2) is 18.6 Å². The summed E-state index contributed by atoms with van der Waals surface area (Å²) in [6, 6.07) is 0.202. The van der Waals surface area contributed by atoms with Crippen molar-refractivity contribution in [1.82, 2.24) is 24.5 Å². The van der Waals surface area contributed by atoms with Gasteiger partial charge in [-0.3, -0.25) is 14.3 Å². The molecule has 1 saturated heterocycles. The maximum Gasteiger partial charge on any atom is 0.179 e. The van der Waals surface area contributed by atoms with Crippen LogP contribution in [0.4, 0.5) is 0 Å². The Morgan fingerprint density at radius 3 is 3.10 bits per heavy atom. The molecule has 0 saturated carbocycles. The van der Waals surface area contributed by atoms with E-state index in [4.69, 9.17) is 9.47 Å². The highest BCUT2D eigenvalue weighted by Gasteiger charge is 2.35. The highest BCUT2D eigenvalue weighted by molar-refractivity contribution is 5.34. The van der Waals surface area contributed by atoms with Gasteiger partial charge in [0.15, 0.2) is 11.5 Å². The van der Waals surface area contributed by atoms with E-state index in [1.807, 2.05) is 17.5 Å². The number of rotatable bonds is 6. The van der Waals surface area contributed by atoms with Crippen molar-refractivity contribution in [2.45, 2.75) is 25.5 Å². The average molecular weight is 291 g/mol. The number of hydrogen-bond acceptors (Lipinski definition) is 6. The van der Waals surface area contributed by atoms with E-state index in [9.17, 15) is 0 Å². The van der Waals surface area contributed by atoms with Gasteiger partial charge in [0.05, 0.1) is 24.9 Å². The van der Waals surface area contributed by atoms with Crippen LogP contribution >= 0.6 is 0 Å². The zero-order valence-corrected chi connectivity index (χ0v) is 12.5. The summed E-state index contributed by atoms with van der Waals surface area (Å²) in [6.07, 6.45) is 6.54. The van der Waals surface area contributed by atoms with Gasteiger partial charge in [-0.15, -0.1) is 10.2 Å². The first-order valence-electron chi connectivity index (χ1n) is 7.32. The van der Waals surface area contributed by atoms with Crippen LogP contribution in [0.1, 0.15) is 25.2 Å². The summed E-state index contributed by atoms with van der Waals surface area (Å²) in [5, 5.41) is 8.56. The summed E-state index contributed by atoms with van der Waals surface area (Å²) in [4.78, 5) is 6.44. The lowest BCUT2D eigenvalue weighted by atomic mass is 10.2. The van der Waals surface area contributed by atoms with Crippen molar-refractivity contribution in [2.24, 2.45) is 0 Å². The van der Waals surface area contributed by atoms with E-state index in [1.54, 1.807) is 19.5 Å². The second-order valence-electron chi connectivity index (χ2n) is 5.16. The minimum atomic E-state index is 0.202. The van der Waals surface area contributed by atoms with Crippen LogP contribution in [-0.2, 0) is 9.47 Å². The van der Waals surface area contributed by atoms with Gasteiger partial charge < -0.3 is 9.47 Å². The third kappa shape index (κ3) is 2.90. The second kappa shape index (κ2) is 6.46. The van der Waals surface area contributed by atoms with Crippen molar-refractivity contribution < 1.29 is 9.47 Å². The van der Waals surface area contributed by atoms with E-state index in [0.717, 1.165) is 44.2 Å². The molecule has 0 N–H and O–H groups in total. The lowest BCUT2D eigenvalue weighted by Crippen LogP contribution is -2.29. The molecule has 7 heteroatoms. The maximum atomic E-state index is 5.54. The first-order chi connectivity index (χ1) is 10.3. The molecule has 21 heavy (non-hydrogen) atoms. The maximum absolute atomic E-state index is 5.54. The summed E-state index contributed by atoms with van der Waals surface area (Å²) in [5.74, 6) is 0.948. The minimum Gasteiger partial charge on any atom is -0.380 e. The van der Waals surface area contributed by atoms with Crippen LogP contribution in [0, 0.1) is 0 Å². The SMILES string of the molecule is CCOCCN1C[C@H](OC)C[C@H]1c1nnc2cnccn12. The Labute approximate surface area is 123 Å². The molecule has 0 aliphatic carbocycles. The second-order valence-corrected chi connectivity index (χ2v) is 5.16. The van der Waals surface area contributed by atoms with Gasteiger partial charge in [-0.05, 0) is 13.3 Å². The molecule has 3 rings (SSSR count). The summed E-state index contributed by atoms with van der Waals surface area (Å²) in [6.45, 7) is 5.25. The Morgan fingerprint density at radius 1 is 1.38 bits per heavy atom. The number of methoxy groups -OCH3 is 1. The van der Waals surface area contributed by atoms with Gasteiger partial charge >= 0.3 is 0 Å². The average Bonchev–Trinajstić information content (AvgIpc) is 3.11. The summed E-state index contributed by atoms with van der Waals surface area (Å²) in [5.41, 5.74) is 0.776. The van der Waals surface area contributed by atoms with Gasteiger partial charge in [-0.25, -0.2) is 0 Å². The van der Waals surface area contributed by atoms with Gasteiger partial charge in [0.1, 0.15) is 0 Å². The zero-order valence-electron chi connectivity index (χ0n) is 12.5. The standard InChI is InChI=1S/C14H21N5O2/c1-3-21-7-6-18-10-11(20-2)8-12(18)14-17-16-13-9-15-4-5-19(13)14/h4-5,9,11-12H,3,6-8,10H2,1-2H3/t11-,12+/m1/s1. The van der Waals surface area contributed by atoms with Crippen LogP contribution in [0.3, 0.4) is 0 Å². The number of hydrogen-bond donors (Lipinski definition) is 0. The van der Waals surface area contributed by atoms with Crippen molar-refractivity contribution in [3.8, 4) is 0 Å². The fraction of sp³-hybridized carbons (Fsp3) is 0.643. The Balaban J connectivity index is 1.83. The van der Waals surface area contributed by atoms with Crippen molar-refractivity contribution >= 4 is 5.65 Å². The lowest BCUT2D eigenvalue weighted by molar-refractivity contribution is 0.0889. The molecule has 0 spiro atoms. The fourth-order valence-corrected chi connectivity index (χ4v) is 2.87. The zero-order chi connectivity index (χ0) is 14.7. The quantitative estimate of drug-likeness (QED) is 0.738. The van der Waals surface area contributed by atoms with Crippen LogP contribution in [0.25, 0.3) is 5.65 Å². The molecule has 3 heterocycles. The molecule has 2 aromatic heterocycles. The highest BCUT2D eigenvalue weighted by Crippen LogP contribution is 2.32. The molecule has 0 bridgehead atoms. The molecule has 0 aromatic carbocycles. The molecule has 1 aliphatic heterocycles. The number of ether oxygens (including phenoxy) is 2. The number of fused-ring (bicyclic) bond motifs is 1. The fourth-order valence-electron chi connectivity index (χ4n) is 2.87. The van der Waals surface area contributed by atoms with Crippen LogP contribution in [0.2, 0.25) is 0 Å². The molecular weight excluding hydrogens is 270 g/mol. The van der Waals surface area contributed by atoms with Crippen molar-refractivity contribution in [3.05, 3.63) is 24.4 Å². The van der Waals surface area contributed by atoms with Crippen LogP contribution in [-0.4, -0.2) is 64.0 Å². The monoisotopic (exact) mass is 291 g/mol. The van der Waals surface area contributed by atoms with Gasteiger partial charge in [0, 0.05) is 39.2 Å². The van der Waals surface area contributed by atoms with Gasteiger partial charge in [-0.1, -0.05) is 0 Å². The Hall–Kier alpha value is -1.57. The molecular formula is C14H21N5O2. The topological polar surface area (TPSA) is 64.8 Å². The normalized spacial score (nSPS) is 23.1.